The molecule has 1 heterocycles. The summed E-state index contributed by atoms with van der Waals surface area (Å²) in [6.45, 7) is 4.74. The molecule has 0 aliphatic carbocycles. The third-order valence-electron chi connectivity index (χ3n) is 3.51. The lowest BCUT2D eigenvalue weighted by Gasteiger charge is -2.23. The Morgan fingerprint density at radius 2 is 2.00 bits per heavy atom. The van der Waals surface area contributed by atoms with Gasteiger partial charge in [0.25, 0.3) is 5.91 Å². The van der Waals surface area contributed by atoms with Gasteiger partial charge >= 0.3 is 0 Å². The maximum atomic E-state index is 12.5. The van der Waals surface area contributed by atoms with E-state index in [1.807, 2.05) is 48.2 Å². The van der Waals surface area contributed by atoms with Crippen LogP contribution in [0.15, 0.2) is 24.3 Å². The maximum absolute atomic E-state index is 12.5. The van der Waals surface area contributed by atoms with Crippen molar-refractivity contribution < 1.29 is 4.79 Å². The Labute approximate surface area is 115 Å². The average molecular weight is 261 g/mol. The summed E-state index contributed by atoms with van der Waals surface area (Å²) in [5, 5.41) is 3.40. The summed E-state index contributed by atoms with van der Waals surface area (Å²) >= 11 is 0. The summed E-state index contributed by atoms with van der Waals surface area (Å²) in [5.41, 5.74) is 1.89. The van der Waals surface area contributed by atoms with E-state index in [2.05, 4.69) is 12.2 Å². The molecule has 1 N–H and O–H groups in total. The fourth-order valence-corrected chi connectivity index (χ4v) is 2.37. The van der Waals surface area contributed by atoms with Crippen LogP contribution in [0.3, 0.4) is 0 Å². The standard InChI is InChI=1S/C15H23N3O/c1-12-11-18(10-4-9-16-12)15(19)13-5-7-14(8-6-13)17(2)3/h5-8,12,16H,4,9-11H2,1-3H3. The number of nitrogens with zero attached hydrogens (tertiary/aromatic N) is 2. The van der Waals surface area contributed by atoms with Gasteiger partial charge in [-0.25, -0.2) is 0 Å². The molecule has 4 nitrogen and oxygen atoms in total. The molecular formula is C15H23N3O. The minimum atomic E-state index is 0.140. The lowest BCUT2D eigenvalue weighted by Crippen LogP contribution is -2.38. The Kier molecular flexibility index (Phi) is 4.43. The van der Waals surface area contributed by atoms with Gasteiger partial charge in [-0.2, -0.15) is 0 Å². The Bertz CT molecular complexity index is 428. The number of rotatable bonds is 2. The highest BCUT2D eigenvalue weighted by molar-refractivity contribution is 5.94. The predicted molar refractivity (Wildman–Crippen MR) is 78.8 cm³/mol. The van der Waals surface area contributed by atoms with Crippen molar-refractivity contribution in [1.29, 1.82) is 0 Å². The normalized spacial score (nSPS) is 19.9. The molecule has 0 saturated carbocycles. The van der Waals surface area contributed by atoms with Crippen molar-refractivity contribution in [2.45, 2.75) is 19.4 Å². The van der Waals surface area contributed by atoms with Crippen LogP contribution >= 0.6 is 0 Å². The second-order valence-electron chi connectivity index (χ2n) is 5.40. The molecule has 1 aliphatic heterocycles. The first kappa shape index (κ1) is 13.9. The number of nitrogens with one attached hydrogen (secondary N) is 1. The van der Waals surface area contributed by atoms with Gasteiger partial charge in [0.1, 0.15) is 0 Å². The van der Waals surface area contributed by atoms with Crippen molar-refractivity contribution in [3.05, 3.63) is 29.8 Å². The molecule has 2 rings (SSSR count). The SMILES string of the molecule is CC1CN(C(=O)c2ccc(N(C)C)cc2)CCCN1. The van der Waals surface area contributed by atoms with Gasteiger partial charge in [-0.1, -0.05) is 0 Å². The molecule has 0 bridgehead atoms. The van der Waals surface area contributed by atoms with Gasteiger partial charge in [-0.05, 0) is 44.2 Å². The quantitative estimate of drug-likeness (QED) is 0.878. The summed E-state index contributed by atoms with van der Waals surface area (Å²) in [7, 11) is 4.00. The third-order valence-corrected chi connectivity index (χ3v) is 3.51. The minimum Gasteiger partial charge on any atom is -0.378 e. The molecule has 1 aliphatic rings. The Morgan fingerprint density at radius 1 is 1.32 bits per heavy atom. The monoisotopic (exact) mass is 261 g/mol. The van der Waals surface area contributed by atoms with Crippen molar-refractivity contribution in [2.24, 2.45) is 0 Å². The fraction of sp³-hybridized carbons (Fsp3) is 0.533. The van der Waals surface area contributed by atoms with Gasteiger partial charge in [-0.3, -0.25) is 4.79 Å². The van der Waals surface area contributed by atoms with Crippen LogP contribution in [0.5, 0.6) is 0 Å². The molecule has 0 spiro atoms. The first-order valence-corrected chi connectivity index (χ1v) is 6.88. The summed E-state index contributed by atoms with van der Waals surface area (Å²) < 4.78 is 0. The predicted octanol–water partition coefficient (Wildman–Crippen LogP) is 1.58. The zero-order chi connectivity index (χ0) is 13.8. The summed E-state index contributed by atoms with van der Waals surface area (Å²) in [4.78, 5) is 16.5. The molecule has 1 saturated heterocycles. The van der Waals surface area contributed by atoms with Gasteiger partial charge in [0.15, 0.2) is 0 Å². The zero-order valence-corrected chi connectivity index (χ0v) is 12.0. The topological polar surface area (TPSA) is 35.6 Å². The summed E-state index contributed by atoms with van der Waals surface area (Å²) in [5.74, 6) is 0.140. The van der Waals surface area contributed by atoms with Crippen molar-refractivity contribution in [3.8, 4) is 0 Å². The summed E-state index contributed by atoms with van der Waals surface area (Å²) in [6, 6.07) is 8.19. The molecule has 0 radical (unpaired) electrons. The van der Waals surface area contributed by atoms with E-state index in [-0.39, 0.29) is 5.91 Å². The van der Waals surface area contributed by atoms with Crippen molar-refractivity contribution >= 4 is 11.6 Å². The number of amides is 1. The van der Waals surface area contributed by atoms with E-state index >= 15 is 0 Å². The number of benzene rings is 1. The van der Waals surface area contributed by atoms with E-state index in [1.165, 1.54) is 0 Å². The van der Waals surface area contributed by atoms with Crippen LogP contribution in [0.1, 0.15) is 23.7 Å². The number of carbonyl (C=O) groups excluding carboxylic acids is 1. The van der Waals surface area contributed by atoms with Crippen LogP contribution < -0.4 is 10.2 Å². The minimum absolute atomic E-state index is 0.140. The van der Waals surface area contributed by atoms with Crippen LogP contribution in [0.4, 0.5) is 5.69 Å². The third kappa shape index (κ3) is 3.47. The van der Waals surface area contributed by atoms with Crippen LogP contribution in [-0.4, -0.2) is 50.6 Å². The second kappa shape index (κ2) is 6.06. The molecule has 4 heteroatoms. The first-order valence-electron chi connectivity index (χ1n) is 6.88. The molecule has 104 valence electrons. The highest BCUT2D eigenvalue weighted by atomic mass is 16.2. The molecule has 1 unspecified atom stereocenters. The van der Waals surface area contributed by atoms with Crippen molar-refractivity contribution in [3.63, 3.8) is 0 Å². The van der Waals surface area contributed by atoms with Gasteiger partial charge in [0, 0.05) is 44.5 Å². The van der Waals surface area contributed by atoms with Crippen LogP contribution in [0.25, 0.3) is 0 Å². The van der Waals surface area contributed by atoms with Crippen LogP contribution in [-0.2, 0) is 0 Å². The van der Waals surface area contributed by atoms with Gasteiger partial charge in [0.2, 0.25) is 0 Å². The highest BCUT2D eigenvalue weighted by Crippen LogP contribution is 2.14. The largest absolute Gasteiger partial charge is 0.378 e. The number of hydrogen-bond donors (Lipinski definition) is 1. The van der Waals surface area contributed by atoms with E-state index < -0.39 is 0 Å². The Balaban J connectivity index is 2.09. The van der Waals surface area contributed by atoms with E-state index in [9.17, 15) is 4.79 Å². The number of carbonyl (C=O) groups is 1. The maximum Gasteiger partial charge on any atom is 0.253 e. The second-order valence-corrected chi connectivity index (χ2v) is 5.40. The number of hydrogen-bond acceptors (Lipinski definition) is 3. The highest BCUT2D eigenvalue weighted by Gasteiger charge is 2.20. The molecule has 1 amide bonds. The van der Waals surface area contributed by atoms with Crippen LogP contribution in [0, 0.1) is 0 Å². The van der Waals surface area contributed by atoms with Gasteiger partial charge in [-0.15, -0.1) is 0 Å². The number of anilines is 1. The van der Waals surface area contributed by atoms with E-state index in [0.29, 0.717) is 6.04 Å². The lowest BCUT2D eigenvalue weighted by atomic mass is 10.1. The van der Waals surface area contributed by atoms with Crippen molar-refractivity contribution in [1.82, 2.24) is 10.2 Å². The van der Waals surface area contributed by atoms with Crippen molar-refractivity contribution in [2.75, 3.05) is 38.6 Å². The first-order chi connectivity index (χ1) is 9.08. The van der Waals surface area contributed by atoms with E-state index in [4.69, 9.17) is 0 Å². The Hall–Kier alpha value is -1.55. The van der Waals surface area contributed by atoms with E-state index in [1.54, 1.807) is 0 Å². The molecule has 0 aromatic heterocycles. The molecular weight excluding hydrogens is 238 g/mol. The fourth-order valence-electron chi connectivity index (χ4n) is 2.37. The smallest absolute Gasteiger partial charge is 0.253 e. The van der Waals surface area contributed by atoms with Gasteiger partial charge in [0.05, 0.1) is 0 Å². The molecule has 1 fully saturated rings. The molecule has 1 atom stereocenters. The molecule has 1 aromatic carbocycles. The van der Waals surface area contributed by atoms with Gasteiger partial charge < -0.3 is 15.1 Å². The average Bonchev–Trinajstić information content (AvgIpc) is 2.62. The molecule has 19 heavy (non-hydrogen) atoms. The zero-order valence-electron chi connectivity index (χ0n) is 12.0. The van der Waals surface area contributed by atoms with E-state index in [0.717, 1.165) is 37.3 Å². The van der Waals surface area contributed by atoms with Crippen LogP contribution in [0.2, 0.25) is 0 Å². The molecule has 1 aromatic rings. The lowest BCUT2D eigenvalue weighted by molar-refractivity contribution is 0.0755. The summed E-state index contributed by atoms with van der Waals surface area (Å²) in [6.07, 6.45) is 1.02. The Morgan fingerprint density at radius 3 is 2.63 bits per heavy atom.